The number of carbonyl (C=O) groups is 1. The number of hydrogen-bond acceptors (Lipinski definition) is 3. The van der Waals surface area contributed by atoms with E-state index in [0.717, 1.165) is 54.5 Å². The van der Waals surface area contributed by atoms with E-state index in [1.54, 1.807) is 0 Å². The molecule has 5 heteroatoms. The molecule has 1 aliphatic heterocycles. The van der Waals surface area contributed by atoms with E-state index in [9.17, 15) is 9.90 Å². The summed E-state index contributed by atoms with van der Waals surface area (Å²) in [7, 11) is 0. The number of unbranched alkanes of at least 4 members (excludes halogenated alkanes) is 1. The summed E-state index contributed by atoms with van der Waals surface area (Å²) in [5.74, 6) is -0.00889. The van der Waals surface area contributed by atoms with Gasteiger partial charge in [0.25, 0.3) is 5.91 Å². The van der Waals surface area contributed by atoms with Crippen LogP contribution in [0.2, 0.25) is 0 Å². The lowest BCUT2D eigenvalue weighted by molar-refractivity contribution is 0.0952. The summed E-state index contributed by atoms with van der Waals surface area (Å²) < 4.78 is 0.961. The molecule has 0 saturated carbocycles. The summed E-state index contributed by atoms with van der Waals surface area (Å²) in [4.78, 5) is 14.4. The highest BCUT2D eigenvalue weighted by molar-refractivity contribution is 9.10. The van der Waals surface area contributed by atoms with Gasteiger partial charge in [0.05, 0.1) is 6.10 Å². The van der Waals surface area contributed by atoms with E-state index >= 15 is 0 Å². The fourth-order valence-corrected chi connectivity index (χ4v) is 2.99. The normalized spacial score (nSPS) is 18.9. The Hall–Kier alpha value is -0.910. The molecule has 0 spiro atoms. The van der Waals surface area contributed by atoms with Crippen molar-refractivity contribution in [2.75, 3.05) is 26.2 Å². The minimum absolute atomic E-state index is 0.00889. The summed E-state index contributed by atoms with van der Waals surface area (Å²) in [5.41, 5.74) is 1.70. The van der Waals surface area contributed by atoms with Gasteiger partial charge in [0, 0.05) is 29.7 Å². The van der Waals surface area contributed by atoms with Crippen LogP contribution in [0.25, 0.3) is 0 Å². The van der Waals surface area contributed by atoms with Crippen LogP contribution in [-0.2, 0) is 0 Å². The number of hydrogen-bond donors (Lipinski definition) is 2. The second-order valence-corrected chi connectivity index (χ2v) is 6.47. The Kier molecular flexibility index (Phi) is 6.21. The number of likely N-dealkylation sites (tertiary alicyclic amines) is 1. The maximum absolute atomic E-state index is 12.1. The van der Waals surface area contributed by atoms with Gasteiger partial charge in [-0.05, 0) is 50.4 Å². The Balaban J connectivity index is 1.66. The number of amides is 1. The second-order valence-electron chi connectivity index (χ2n) is 5.62. The third kappa shape index (κ3) is 4.80. The van der Waals surface area contributed by atoms with Gasteiger partial charge in [-0.3, -0.25) is 4.79 Å². The molecule has 1 aromatic carbocycles. The zero-order valence-electron chi connectivity index (χ0n) is 12.4. The van der Waals surface area contributed by atoms with E-state index in [0.29, 0.717) is 6.54 Å². The number of rotatable bonds is 6. The second kappa shape index (κ2) is 7.92. The Morgan fingerprint density at radius 3 is 3.00 bits per heavy atom. The number of nitrogens with zero attached hydrogens (tertiary/aromatic N) is 1. The standard InChI is InChI=1S/C16H23BrN2O2/c1-12-14(5-4-6-15(12)17)16(21)18-8-2-3-9-19-10-7-13(20)11-19/h4-6,13,20H,2-3,7-11H2,1H3,(H,18,21). The monoisotopic (exact) mass is 354 g/mol. The van der Waals surface area contributed by atoms with Crippen LogP contribution in [0.4, 0.5) is 0 Å². The Labute approximate surface area is 134 Å². The zero-order chi connectivity index (χ0) is 15.2. The van der Waals surface area contributed by atoms with Gasteiger partial charge in [-0.2, -0.15) is 0 Å². The minimum Gasteiger partial charge on any atom is -0.392 e. The van der Waals surface area contributed by atoms with Crippen LogP contribution in [0.5, 0.6) is 0 Å². The summed E-state index contributed by atoms with van der Waals surface area (Å²) in [6.07, 6.45) is 2.75. The largest absolute Gasteiger partial charge is 0.392 e. The van der Waals surface area contributed by atoms with Crippen LogP contribution in [0.1, 0.15) is 35.2 Å². The molecule has 0 aromatic heterocycles. The number of β-amino-alcohol motifs (C(OH)–C–C–N with tert-alkyl or cyclic N) is 1. The highest BCUT2D eigenvalue weighted by atomic mass is 79.9. The van der Waals surface area contributed by atoms with E-state index in [1.165, 1.54) is 0 Å². The van der Waals surface area contributed by atoms with E-state index in [4.69, 9.17) is 0 Å². The Bertz CT molecular complexity index is 493. The van der Waals surface area contributed by atoms with Crippen LogP contribution >= 0.6 is 15.9 Å². The number of aliphatic hydroxyl groups excluding tert-OH is 1. The molecule has 1 aliphatic rings. The molecule has 0 radical (unpaired) electrons. The molecule has 1 aromatic rings. The molecule has 1 amide bonds. The smallest absolute Gasteiger partial charge is 0.251 e. The highest BCUT2D eigenvalue weighted by Crippen LogP contribution is 2.19. The van der Waals surface area contributed by atoms with Crippen LogP contribution in [-0.4, -0.2) is 48.2 Å². The topological polar surface area (TPSA) is 52.6 Å². The van der Waals surface area contributed by atoms with E-state index < -0.39 is 0 Å². The summed E-state index contributed by atoms with van der Waals surface area (Å²) >= 11 is 3.44. The fraction of sp³-hybridized carbons (Fsp3) is 0.562. The van der Waals surface area contributed by atoms with Crippen molar-refractivity contribution in [2.45, 2.75) is 32.3 Å². The molecule has 0 bridgehead atoms. The summed E-state index contributed by atoms with van der Waals surface area (Å²) in [6, 6.07) is 5.67. The predicted molar refractivity (Wildman–Crippen MR) is 87.5 cm³/mol. The molecule has 21 heavy (non-hydrogen) atoms. The first kappa shape index (κ1) is 16.5. The Morgan fingerprint density at radius 1 is 1.48 bits per heavy atom. The van der Waals surface area contributed by atoms with Gasteiger partial charge in [0.1, 0.15) is 0 Å². The molecule has 1 atom stereocenters. The van der Waals surface area contributed by atoms with Crippen LogP contribution < -0.4 is 5.32 Å². The molecule has 2 rings (SSSR count). The van der Waals surface area contributed by atoms with Crippen molar-refractivity contribution in [1.29, 1.82) is 0 Å². The molecule has 2 N–H and O–H groups in total. The molecule has 1 unspecified atom stereocenters. The van der Waals surface area contributed by atoms with Gasteiger partial charge in [-0.25, -0.2) is 0 Å². The zero-order valence-corrected chi connectivity index (χ0v) is 14.0. The number of halogens is 1. The van der Waals surface area contributed by atoms with Gasteiger partial charge in [-0.1, -0.05) is 22.0 Å². The Morgan fingerprint density at radius 2 is 2.29 bits per heavy atom. The van der Waals surface area contributed by atoms with Crippen LogP contribution in [0.3, 0.4) is 0 Å². The summed E-state index contributed by atoms with van der Waals surface area (Å²) in [6.45, 7) is 5.43. The first-order valence-corrected chi connectivity index (χ1v) is 8.31. The van der Waals surface area contributed by atoms with Crippen molar-refractivity contribution in [3.8, 4) is 0 Å². The molecular formula is C16H23BrN2O2. The fourth-order valence-electron chi connectivity index (χ4n) is 2.63. The lowest BCUT2D eigenvalue weighted by Crippen LogP contribution is -2.27. The van der Waals surface area contributed by atoms with Crippen molar-refractivity contribution >= 4 is 21.8 Å². The van der Waals surface area contributed by atoms with Gasteiger partial charge >= 0.3 is 0 Å². The minimum atomic E-state index is -0.149. The first-order chi connectivity index (χ1) is 10.1. The average Bonchev–Trinajstić information content (AvgIpc) is 2.87. The molecule has 1 heterocycles. The predicted octanol–water partition coefficient (Wildman–Crippen LogP) is 2.33. The number of nitrogens with one attached hydrogen (secondary N) is 1. The molecular weight excluding hydrogens is 332 g/mol. The van der Waals surface area contributed by atoms with Crippen molar-refractivity contribution in [3.05, 3.63) is 33.8 Å². The van der Waals surface area contributed by atoms with Crippen molar-refractivity contribution in [1.82, 2.24) is 10.2 Å². The molecule has 1 saturated heterocycles. The first-order valence-electron chi connectivity index (χ1n) is 7.51. The SMILES string of the molecule is Cc1c(Br)cccc1C(=O)NCCCCN1CCC(O)C1. The maximum Gasteiger partial charge on any atom is 0.251 e. The van der Waals surface area contributed by atoms with Crippen molar-refractivity contribution in [2.24, 2.45) is 0 Å². The summed E-state index contributed by atoms with van der Waals surface area (Å²) in [5, 5.41) is 12.4. The molecule has 0 aliphatic carbocycles. The lowest BCUT2D eigenvalue weighted by Gasteiger charge is -2.14. The highest BCUT2D eigenvalue weighted by Gasteiger charge is 2.19. The number of benzene rings is 1. The van der Waals surface area contributed by atoms with Crippen LogP contribution in [0, 0.1) is 6.92 Å². The van der Waals surface area contributed by atoms with Crippen molar-refractivity contribution in [3.63, 3.8) is 0 Å². The van der Waals surface area contributed by atoms with Gasteiger partial charge in [0.15, 0.2) is 0 Å². The molecule has 1 fully saturated rings. The number of carbonyl (C=O) groups excluding carboxylic acids is 1. The third-order valence-electron chi connectivity index (χ3n) is 3.95. The van der Waals surface area contributed by atoms with Gasteiger partial charge in [0.2, 0.25) is 0 Å². The van der Waals surface area contributed by atoms with E-state index in [1.807, 2.05) is 25.1 Å². The van der Waals surface area contributed by atoms with Crippen LogP contribution in [0.15, 0.2) is 22.7 Å². The quantitative estimate of drug-likeness (QED) is 0.771. The average molecular weight is 355 g/mol. The van der Waals surface area contributed by atoms with Crippen molar-refractivity contribution < 1.29 is 9.90 Å². The van der Waals surface area contributed by atoms with E-state index in [-0.39, 0.29) is 12.0 Å². The maximum atomic E-state index is 12.1. The molecule has 116 valence electrons. The van der Waals surface area contributed by atoms with E-state index in [2.05, 4.69) is 26.1 Å². The van der Waals surface area contributed by atoms with Gasteiger partial charge < -0.3 is 15.3 Å². The number of aliphatic hydroxyl groups is 1. The lowest BCUT2D eigenvalue weighted by atomic mass is 10.1. The molecule has 4 nitrogen and oxygen atoms in total. The van der Waals surface area contributed by atoms with Gasteiger partial charge in [-0.15, -0.1) is 0 Å². The third-order valence-corrected chi connectivity index (χ3v) is 4.81.